The molecular formula is C6H6N2O2S. The molecule has 1 aromatic heterocycles. The average molecular weight is 170 g/mol. The van der Waals surface area contributed by atoms with Crippen molar-refractivity contribution in [3.63, 3.8) is 0 Å². The van der Waals surface area contributed by atoms with Crippen molar-refractivity contribution in [1.82, 2.24) is 0 Å². The minimum Gasteiger partial charge on any atom is -0.365 e. The fourth-order valence-corrected chi connectivity index (χ4v) is 1.31. The van der Waals surface area contributed by atoms with Gasteiger partial charge in [-0.15, -0.1) is 11.3 Å². The minimum atomic E-state index is -0.539. The summed E-state index contributed by atoms with van der Waals surface area (Å²) in [5.41, 5.74) is 9.89. The molecule has 2 amide bonds. The van der Waals surface area contributed by atoms with E-state index in [-0.39, 0.29) is 0 Å². The first-order chi connectivity index (χ1) is 5.11. The summed E-state index contributed by atoms with van der Waals surface area (Å²) < 4.78 is 0. The van der Waals surface area contributed by atoms with Crippen molar-refractivity contribution in [2.45, 2.75) is 0 Å². The van der Waals surface area contributed by atoms with Crippen LogP contribution in [0.2, 0.25) is 0 Å². The first-order valence-corrected chi connectivity index (χ1v) is 3.62. The third kappa shape index (κ3) is 1.56. The first kappa shape index (κ1) is 7.74. The average Bonchev–Trinajstić information content (AvgIpc) is 2.33. The normalized spacial score (nSPS) is 9.45. The predicted octanol–water partition coefficient (Wildman–Crippen LogP) is -0.0541. The van der Waals surface area contributed by atoms with E-state index in [9.17, 15) is 9.59 Å². The van der Waals surface area contributed by atoms with Gasteiger partial charge in [-0.25, -0.2) is 0 Å². The lowest BCUT2D eigenvalue weighted by Crippen LogP contribution is -2.09. The zero-order valence-electron chi connectivity index (χ0n) is 5.53. The molecule has 1 aromatic rings. The molecule has 0 aliphatic carbocycles. The molecule has 0 radical (unpaired) electrons. The van der Waals surface area contributed by atoms with Crippen LogP contribution >= 0.6 is 11.3 Å². The Morgan fingerprint density at radius 1 is 1.09 bits per heavy atom. The number of carbonyl (C=O) groups excluding carboxylic acids is 2. The van der Waals surface area contributed by atoms with Crippen molar-refractivity contribution in [2.75, 3.05) is 0 Å². The molecule has 0 spiro atoms. The Morgan fingerprint density at radius 2 is 1.45 bits per heavy atom. The van der Waals surface area contributed by atoms with Gasteiger partial charge in [0.1, 0.15) is 0 Å². The largest absolute Gasteiger partial charge is 0.365 e. The molecular weight excluding hydrogens is 164 g/mol. The summed E-state index contributed by atoms with van der Waals surface area (Å²) in [5, 5.41) is 0. The Morgan fingerprint density at radius 3 is 1.64 bits per heavy atom. The van der Waals surface area contributed by atoms with E-state index in [0.717, 1.165) is 11.3 Å². The van der Waals surface area contributed by atoms with Gasteiger partial charge >= 0.3 is 0 Å². The summed E-state index contributed by atoms with van der Waals surface area (Å²) in [6.07, 6.45) is 0. The van der Waals surface area contributed by atoms with Crippen LogP contribution in [-0.4, -0.2) is 11.8 Å². The van der Waals surface area contributed by atoms with Crippen LogP contribution in [0.3, 0.4) is 0 Å². The fraction of sp³-hybridized carbons (Fsp3) is 0. The van der Waals surface area contributed by atoms with Gasteiger partial charge < -0.3 is 11.5 Å². The van der Waals surface area contributed by atoms with Crippen LogP contribution in [0.1, 0.15) is 19.3 Å². The smallest absolute Gasteiger partial charge is 0.258 e. The third-order valence-corrected chi connectivity index (χ3v) is 2.21. The van der Waals surface area contributed by atoms with Crippen LogP contribution in [0.25, 0.3) is 0 Å². The molecule has 1 heterocycles. The maximum absolute atomic E-state index is 10.5. The van der Waals surface area contributed by atoms with Crippen molar-refractivity contribution in [2.24, 2.45) is 11.5 Å². The second-order valence-electron chi connectivity index (χ2n) is 1.89. The van der Waals surface area contributed by atoms with Gasteiger partial charge in [0, 0.05) is 0 Å². The second-order valence-corrected chi connectivity index (χ2v) is 2.98. The highest BCUT2D eigenvalue weighted by atomic mass is 32.1. The van der Waals surface area contributed by atoms with Crippen LogP contribution in [0.15, 0.2) is 12.1 Å². The number of carbonyl (C=O) groups is 2. The molecule has 0 saturated carbocycles. The molecule has 1 rings (SSSR count). The Labute approximate surface area is 66.8 Å². The van der Waals surface area contributed by atoms with E-state index in [1.165, 1.54) is 12.1 Å². The molecule has 0 aliphatic rings. The number of thiophene rings is 1. The summed E-state index contributed by atoms with van der Waals surface area (Å²) in [6.45, 7) is 0. The molecule has 58 valence electrons. The molecule has 4 nitrogen and oxygen atoms in total. The Balaban J connectivity index is 2.99. The lowest BCUT2D eigenvalue weighted by Gasteiger charge is -1.84. The molecule has 4 N–H and O–H groups in total. The molecule has 0 fully saturated rings. The highest BCUT2D eigenvalue weighted by molar-refractivity contribution is 7.15. The van der Waals surface area contributed by atoms with Crippen LogP contribution in [0.4, 0.5) is 0 Å². The monoisotopic (exact) mass is 170 g/mol. The van der Waals surface area contributed by atoms with E-state index >= 15 is 0 Å². The van der Waals surface area contributed by atoms with E-state index in [4.69, 9.17) is 11.5 Å². The van der Waals surface area contributed by atoms with Crippen molar-refractivity contribution in [3.8, 4) is 0 Å². The van der Waals surface area contributed by atoms with Crippen LogP contribution in [0.5, 0.6) is 0 Å². The number of primary amides is 2. The summed E-state index contributed by atoms with van der Waals surface area (Å²) in [6, 6.07) is 2.96. The first-order valence-electron chi connectivity index (χ1n) is 2.80. The Hall–Kier alpha value is -1.36. The quantitative estimate of drug-likeness (QED) is 0.651. The van der Waals surface area contributed by atoms with Gasteiger partial charge in [-0.05, 0) is 12.1 Å². The molecule has 11 heavy (non-hydrogen) atoms. The molecule has 0 unspecified atom stereocenters. The van der Waals surface area contributed by atoms with Crippen molar-refractivity contribution >= 4 is 23.2 Å². The van der Waals surface area contributed by atoms with E-state index < -0.39 is 11.8 Å². The molecule has 0 atom stereocenters. The number of amides is 2. The van der Waals surface area contributed by atoms with Gasteiger partial charge in [0.2, 0.25) is 0 Å². The number of hydrogen-bond donors (Lipinski definition) is 2. The Kier molecular flexibility index (Phi) is 1.91. The van der Waals surface area contributed by atoms with Gasteiger partial charge in [-0.3, -0.25) is 9.59 Å². The van der Waals surface area contributed by atoms with E-state index in [0.29, 0.717) is 9.75 Å². The topological polar surface area (TPSA) is 86.2 Å². The molecule has 5 heteroatoms. The lowest BCUT2D eigenvalue weighted by molar-refractivity contribution is 0.0997. The third-order valence-electron chi connectivity index (χ3n) is 1.09. The molecule has 0 aliphatic heterocycles. The summed E-state index contributed by atoms with van der Waals surface area (Å²) >= 11 is 1.000. The van der Waals surface area contributed by atoms with E-state index in [2.05, 4.69) is 0 Å². The van der Waals surface area contributed by atoms with Crippen LogP contribution in [-0.2, 0) is 0 Å². The highest BCUT2D eigenvalue weighted by Crippen LogP contribution is 2.14. The highest BCUT2D eigenvalue weighted by Gasteiger charge is 2.07. The van der Waals surface area contributed by atoms with Gasteiger partial charge in [0.15, 0.2) is 0 Å². The number of hydrogen-bond acceptors (Lipinski definition) is 3. The Bertz CT molecular complexity index is 277. The number of nitrogens with two attached hydrogens (primary N) is 2. The van der Waals surface area contributed by atoms with E-state index in [1.54, 1.807) is 0 Å². The molecule has 0 aromatic carbocycles. The molecule has 0 saturated heterocycles. The van der Waals surface area contributed by atoms with Gasteiger partial charge in [0.05, 0.1) is 9.75 Å². The van der Waals surface area contributed by atoms with Crippen molar-refractivity contribution in [3.05, 3.63) is 21.9 Å². The molecule has 0 bridgehead atoms. The SMILES string of the molecule is NC(=O)c1ccc(C(N)=O)s1. The summed E-state index contributed by atoms with van der Waals surface area (Å²) in [4.78, 5) is 21.7. The second kappa shape index (κ2) is 2.71. The van der Waals surface area contributed by atoms with Gasteiger partial charge in [-0.2, -0.15) is 0 Å². The summed E-state index contributed by atoms with van der Waals surface area (Å²) in [7, 11) is 0. The maximum Gasteiger partial charge on any atom is 0.258 e. The van der Waals surface area contributed by atoms with Gasteiger partial charge in [0.25, 0.3) is 11.8 Å². The summed E-state index contributed by atoms with van der Waals surface area (Å²) in [5.74, 6) is -1.08. The maximum atomic E-state index is 10.5. The zero-order chi connectivity index (χ0) is 8.43. The van der Waals surface area contributed by atoms with Crippen molar-refractivity contribution < 1.29 is 9.59 Å². The van der Waals surface area contributed by atoms with Crippen LogP contribution in [0, 0.1) is 0 Å². The zero-order valence-corrected chi connectivity index (χ0v) is 6.35. The lowest BCUT2D eigenvalue weighted by atomic mass is 10.4. The predicted molar refractivity (Wildman–Crippen MR) is 41.4 cm³/mol. The van der Waals surface area contributed by atoms with E-state index in [1.807, 2.05) is 0 Å². The van der Waals surface area contributed by atoms with Crippen LogP contribution < -0.4 is 11.5 Å². The standard InChI is InChI=1S/C6H6N2O2S/c7-5(9)3-1-2-4(11-3)6(8)10/h1-2H,(H2,7,9)(H2,8,10). The fourth-order valence-electron chi connectivity index (χ4n) is 0.603. The van der Waals surface area contributed by atoms with Gasteiger partial charge in [-0.1, -0.05) is 0 Å². The van der Waals surface area contributed by atoms with Crippen molar-refractivity contribution in [1.29, 1.82) is 0 Å². The number of rotatable bonds is 2. The minimum absolute atomic E-state index is 0.346.